The standard InChI is InChI=1S/C15H14F3N3O2/c1-10-6-19-8-13(21-10)14(22)20-7-11-2-4-12(5-3-11)23-9-15(16,17)18/h2-6,8H,7,9H2,1H3,(H,20,22). The largest absolute Gasteiger partial charge is 0.484 e. The van der Waals surface area contributed by atoms with Gasteiger partial charge in [0.15, 0.2) is 6.61 Å². The molecule has 0 spiro atoms. The monoisotopic (exact) mass is 325 g/mol. The van der Waals surface area contributed by atoms with Gasteiger partial charge in [-0.2, -0.15) is 13.2 Å². The van der Waals surface area contributed by atoms with Gasteiger partial charge < -0.3 is 10.1 Å². The molecule has 23 heavy (non-hydrogen) atoms. The van der Waals surface area contributed by atoms with Crippen LogP contribution in [0.25, 0.3) is 0 Å². The number of carbonyl (C=O) groups is 1. The minimum Gasteiger partial charge on any atom is -0.484 e. The Balaban J connectivity index is 1.87. The van der Waals surface area contributed by atoms with E-state index in [4.69, 9.17) is 0 Å². The smallest absolute Gasteiger partial charge is 0.422 e. The highest BCUT2D eigenvalue weighted by Gasteiger charge is 2.28. The van der Waals surface area contributed by atoms with Gasteiger partial charge in [-0.1, -0.05) is 12.1 Å². The average molecular weight is 325 g/mol. The minimum absolute atomic E-state index is 0.113. The molecule has 1 amide bonds. The zero-order chi connectivity index (χ0) is 16.9. The fourth-order valence-corrected chi connectivity index (χ4v) is 1.71. The van der Waals surface area contributed by atoms with Gasteiger partial charge in [0.05, 0.1) is 11.9 Å². The number of hydrogen-bond acceptors (Lipinski definition) is 4. The summed E-state index contributed by atoms with van der Waals surface area (Å²) in [6, 6.07) is 5.99. The number of amides is 1. The number of alkyl halides is 3. The third kappa shape index (κ3) is 5.57. The van der Waals surface area contributed by atoms with E-state index in [1.807, 2.05) is 0 Å². The van der Waals surface area contributed by atoms with Crippen LogP contribution in [0.3, 0.4) is 0 Å². The fraction of sp³-hybridized carbons (Fsp3) is 0.267. The van der Waals surface area contributed by atoms with E-state index in [-0.39, 0.29) is 23.9 Å². The van der Waals surface area contributed by atoms with Gasteiger partial charge in [-0.05, 0) is 24.6 Å². The molecule has 0 aliphatic rings. The molecule has 2 rings (SSSR count). The van der Waals surface area contributed by atoms with Gasteiger partial charge in [0.1, 0.15) is 11.4 Å². The lowest BCUT2D eigenvalue weighted by molar-refractivity contribution is -0.153. The van der Waals surface area contributed by atoms with Crippen LogP contribution in [0.1, 0.15) is 21.7 Å². The highest BCUT2D eigenvalue weighted by Crippen LogP contribution is 2.18. The van der Waals surface area contributed by atoms with Crippen LogP contribution < -0.4 is 10.1 Å². The number of aromatic nitrogens is 2. The molecule has 0 fully saturated rings. The predicted molar refractivity (Wildman–Crippen MR) is 75.9 cm³/mol. The quantitative estimate of drug-likeness (QED) is 0.918. The lowest BCUT2D eigenvalue weighted by atomic mass is 10.2. The Bertz CT molecular complexity index is 672. The van der Waals surface area contributed by atoms with Gasteiger partial charge in [0.2, 0.25) is 0 Å². The molecule has 2 aromatic rings. The molecule has 0 aliphatic heterocycles. The molecule has 1 aromatic heterocycles. The summed E-state index contributed by atoms with van der Waals surface area (Å²) in [4.78, 5) is 19.8. The van der Waals surface area contributed by atoms with Crippen molar-refractivity contribution >= 4 is 5.91 Å². The first-order chi connectivity index (χ1) is 10.8. The van der Waals surface area contributed by atoms with Gasteiger partial charge in [0, 0.05) is 12.7 Å². The molecule has 0 aliphatic carbocycles. The third-order valence-electron chi connectivity index (χ3n) is 2.77. The second kappa shape index (κ2) is 7.08. The van der Waals surface area contributed by atoms with Crippen molar-refractivity contribution in [3.63, 3.8) is 0 Å². The van der Waals surface area contributed by atoms with Crippen molar-refractivity contribution in [3.05, 3.63) is 53.6 Å². The molecule has 8 heteroatoms. The van der Waals surface area contributed by atoms with Crippen molar-refractivity contribution in [1.82, 2.24) is 15.3 Å². The maximum absolute atomic E-state index is 12.0. The van der Waals surface area contributed by atoms with Crippen LogP contribution >= 0.6 is 0 Å². The van der Waals surface area contributed by atoms with Crippen LogP contribution in [0.5, 0.6) is 5.75 Å². The Morgan fingerprint density at radius 1 is 1.22 bits per heavy atom. The highest BCUT2D eigenvalue weighted by atomic mass is 19.4. The predicted octanol–water partition coefficient (Wildman–Crippen LogP) is 2.66. The van der Waals surface area contributed by atoms with Crippen molar-refractivity contribution < 1.29 is 22.7 Å². The number of carbonyl (C=O) groups excluding carboxylic acids is 1. The molecule has 0 unspecified atom stereocenters. The molecule has 0 saturated heterocycles. The van der Waals surface area contributed by atoms with Crippen molar-refractivity contribution in [2.24, 2.45) is 0 Å². The summed E-state index contributed by atoms with van der Waals surface area (Å²) in [6.07, 6.45) is -1.48. The molecule has 0 atom stereocenters. The molecule has 1 N–H and O–H groups in total. The summed E-state index contributed by atoms with van der Waals surface area (Å²) in [5, 5.41) is 2.66. The molecule has 0 radical (unpaired) electrons. The number of halogens is 3. The van der Waals surface area contributed by atoms with Crippen LogP contribution in [-0.4, -0.2) is 28.7 Å². The summed E-state index contributed by atoms with van der Waals surface area (Å²) in [7, 11) is 0. The first kappa shape index (κ1) is 16.7. The molecule has 1 aromatic carbocycles. The first-order valence-electron chi connectivity index (χ1n) is 6.69. The Hall–Kier alpha value is -2.64. The normalized spacial score (nSPS) is 11.1. The molecular weight excluding hydrogens is 311 g/mol. The average Bonchev–Trinajstić information content (AvgIpc) is 2.51. The van der Waals surface area contributed by atoms with Gasteiger partial charge in [0.25, 0.3) is 5.91 Å². The fourth-order valence-electron chi connectivity index (χ4n) is 1.71. The van der Waals surface area contributed by atoms with Crippen molar-refractivity contribution in [2.45, 2.75) is 19.6 Å². The van der Waals surface area contributed by atoms with Gasteiger partial charge in [-0.25, -0.2) is 4.98 Å². The van der Waals surface area contributed by atoms with Crippen molar-refractivity contribution in [3.8, 4) is 5.75 Å². The maximum atomic E-state index is 12.0. The number of rotatable bonds is 5. The number of benzene rings is 1. The summed E-state index contributed by atoms with van der Waals surface area (Å²) >= 11 is 0. The van der Waals surface area contributed by atoms with E-state index in [9.17, 15) is 18.0 Å². The summed E-state index contributed by atoms with van der Waals surface area (Å²) in [6.45, 7) is 0.604. The first-order valence-corrected chi connectivity index (χ1v) is 6.69. The molecular formula is C15H14F3N3O2. The van der Waals surface area contributed by atoms with Crippen LogP contribution in [0.15, 0.2) is 36.7 Å². The van der Waals surface area contributed by atoms with E-state index in [0.717, 1.165) is 5.56 Å². The molecule has 0 saturated carbocycles. The third-order valence-corrected chi connectivity index (χ3v) is 2.77. The van der Waals surface area contributed by atoms with E-state index in [2.05, 4.69) is 20.0 Å². The minimum atomic E-state index is -4.37. The van der Waals surface area contributed by atoms with Crippen molar-refractivity contribution in [2.75, 3.05) is 6.61 Å². The number of nitrogens with one attached hydrogen (secondary N) is 1. The SMILES string of the molecule is Cc1cncc(C(=O)NCc2ccc(OCC(F)(F)F)cc2)n1. The highest BCUT2D eigenvalue weighted by molar-refractivity contribution is 5.91. The van der Waals surface area contributed by atoms with Crippen molar-refractivity contribution in [1.29, 1.82) is 0 Å². The van der Waals surface area contributed by atoms with E-state index in [1.165, 1.54) is 24.5 Å². The van der Waals surface area contributed by atoms with E-state index < -0.39 is 12.8 Å². The van der Waals surface area contributed by atoms with Gasteiger partial charge in [-0.3, -0.25) is 9.78 Å². The number of aryl methyl sites for hydroxylation is 1. The van der Waals surface area contributed by atoms with E-state index in [0.29, 0.717) is 5.69 Å². The van der Waals surface area contributed by atoms with Gasteiger partial charge in [-0.15, -0.1) is 0 Å². The lowest BCUT2D eigenvalue weighted by Gasteiger charge is -2.10. The van der Waals surface area contributed by atoms with Crippen LogP contribution in [-0.2, 0) is 6.54 Å². The second-order valence-electron chi connectivity index (χ2n) is 4.78. The number of nitrogens with zero attached hydrogens (tertiary/aromatic N) is 2. The molecule has 122 valence electrons. The zero-order valence-electron chi connectivity index (χ0n) is 12.2. The van der Waals surface area contributed by atoms with E-state index in [1.54, 1.807) is 19.1 Å². The number of ether oxygens (including phenoxy) is 1. The molecule has 5 nitrogen and oxygen atoms in total. The Kier molecular flexibility index (Phi) is 5.15. The van der Waals surface area contributed by atoms with Gasteiger partial charge >= 0.3 is 6.18 Å². The van der Waals surface area contributed by atoms with Crippen LogP contribution in [0.2, 0.25) is 0 Å². The topological polar surface area (TPSA) is 64.1 Å². The molecule has 1 heterocycles. The zero-order valence-corrected chi connectivity index (χ0v) is 12.2. The summed E-state index contributed by atoms with van der Waals surface area (Å²) < 4.78 is 40.7. The Labute approximate surface area is 130 Å². The summed E-state index contributed by atoms with van der Waals surface area (Å²) in [5.41, 5.74) is 1.55. The second-order valence-corrected chi connectivity index (χ2v) is 4.78. The maximum Gasteiger partial charge on any atom is 0.422 e. The Morgan fingerprint density at radius 3 is 2.52 bits per heavy atom. The summed E-state index contributed by atoms with van der Waals surface area (Å²) in [5.74, 6) is -0.263. The molecule has 0 bridgehead atoms. The van der Waals surface area contributed by atoms with E-state index >= 15 is 0 Å². The lowest BCUT2D eigenvalue weighted by Crippen LogP contribution is -2.24. The number of hydrogen-bond donors (Lipinski definition) is 1. The van der Waals surface area contributed by atoms with Crippen LogP contribution in [0.4, 0.5) is 13.2 Å². The Morgan fingerprint density at radius 2 is 1.91 bits per heavy atom. The van der Waals surface area contributed by atoms with Crippen LogP contribution in [0, 0.1) is 6.92 Å².